The van der Waals surface area contributed by atoms with Crippen molar-refractivity contribution in [3.8, 4) is 5.75 Å². The van der Waals surface area contributed by atoms with Gasteiger partial charge in [0, 0.05) is 6.54 Å². The van der Waals surface area contributed by atoms with Crippen LogP contribution in [-0.2, 0) is 4.79 Å². The largest absolute Gasteiger partial charge is 0.495 e. The van der Waals surface area contributed by atoms with Crippen LogP contribution in [0, 0.1) is 18.8 Å². The monoisotopic (exact) mass is 250 g/mol. The zero-order valence-corrected chi connectivity index (χ0v) is 11.5. The number of rotatable bonds is 5. The number of amides is 1. The van der Waals surface area contributed by atoms with Gasteiger partial charge in [-0.1, -0.05) is 19.9 Å². The second kappa shape index (κ2) is 6.40. The Hall–Kier alpha value is -1.55. The van der Waals surface area contributed by atoms with Crippen LogP contribution < -0.4 is 15.8 Å². The van der Waals surface area contributed by atoms with Crippen LogP contribution in [0.4, 0.5) is 5.69 Å². The summed E-state index contributed by atoms with van der Waals surface area (Å²) in [6, 6.07) is 5.68. The Morgan fingerprint density at radius 3 is 2.61 bits per heavy atom. The van der Waals surface area contributed by atoms with Crippen molar-refractivity contribution in [1.29, 1.82) is 0 Å². The van der Waals surface area contributed by atoms with Gasteiger partial charge in [0.25, 0.3) is 0 Å². The number of nitrogens with one attached hydrogen (secondary N) is 1. The Morgan fingerprint density at radius 1 is 1.44 bits per heavy atom. The highest BCUT2D eigenvalue weighted by atomic mass is 16.5. The highest BCUT2D eigenvalue weighted by Gasteiger charge is 2.21. The van der Waals surface area contributed by atoms with E-state index in [0.717, 1.165) is 5.56 Å². The fourth-order valence-electron chi connectivity index (χ4n) is 1.83. The van der Waals surface area contributed by atoms with Crippen molar-refractivity contribution in [3.05, 3.63) is 23.8 Å². The standard InChI is InChI=1S/C14H22N2O2/c1-9(2)11(8-15)14(17)16-12-7-10(3)5-6-13(12)18-4/h5-7,9,11H,8,15H2,1-4H3,(H,16,17). The molecule has 0 saturated carbocycles. The van der Waals surface area contributed by atoms with Crippen molar-refractivity contribution >= 4 is 11.6 Å². The quantitative estimate of drug-likeness (QED) is 0.841. The summed E-state index contributed by atoms with van der Waals surface area (Å²) >= 11 is 0. The minimum absolute atomic E-state index is 0.0589. The van der Waals surface area contributed by atoms with Crippen LogP contribution in [-0.4, -0.2) is 19.6 Å². The minimum atomic E-state index is -0.185. The van der Waals surface area contributed by atoms with Gasteiger partial charge in [-0.2, -0.15) is 0 Å². The van der Waals surface area contributed by atoms with Gasteiger partial charge in [0.05, 0.1) is 18.7 Å². The van der Waals surface area contributed by atoms with Gasteiger partial charge in [-0.15, -0.1) is 0 Å². The van der Waals surface area contributed by atoms with E-state index >= 15 is 0 Å². The fourth-order valence-corrected chi connectivity index (χ4v) is 1.83. The van der Waals surface area contributed by atoms with Crippen molar-refractivity contribution in [1.82, 2.24) is 0 Å². The molecule has 1 aromatic rings. The third-order valence-corrected chi connectivity index (χ3v) is 3.01. The van der Waals surface area contributed by atoms with E-state index in [1.54, 1.807) is 7.11 Å². The molecule has 0 spiro atoms. The Morgan fingerprint density at radius 2 is 2.11 bits per heavy atom. The Kier molecular flexibility index (Phi) is 5.16. The van der Waals surface area contributed by atoms with E-state index in [1.807, 2.05) is 39.0 Å². The van der Waals surface area contributed by atoms with Crippen LogP contribution in [0.25, 0.3) is 0 Å². The Balaban J connectivity index is 2.89. The number of methoxy groups -OCH3 is 1. The molecular weight excluding hydrogens is 228 g/mol. The highest BCUT2D eigenvalue weighted by molar-refractivity contribution is 5.94. The van der Waals surface area contributed by atoms with Crippen molar-refractivity contribution in [2.75, 3.05) is 19.0 Å². The van der Waals surface area contributed by atoms with Crippen molar-refractivity contribution < 1.29 is 9.53 Å². The lowest BCUT2D eigenvalue weighted by molar-refractivity contribution is -0.120. The normalized spacial score (nSPS) is 12.3. The Bertz CT molecular complexity index is 416. The van der Waals surface area contributed by atoms with E-state index < -0.39 is 0 Å². The summed E-state index contributed by atoms with van der Waals surface area (Å²) in [5.41, 5.74) is 7.40. The number of hydrogen-bond acceptors (Lipinski definition) is 3. The third kappa shape index (κ3) is 3.47. The molecule has 0 bridgehead atoms. The molecular formula is C14H22N2O2. The molecule has 0 radical (unpaired) electrons. The van der Waals surface area contributed by atoms with Gasteiger partial charge >= 0.3 is 0 Å². The molecule has 0 aromatic heterocycles. The van der Waals surface area contributed by atoms with Gasteiger partial charge < -0.3 is 15.8 Å². The molecule has 0 fully saturated rings. The first-order valence-corrected chi connectivity index (χ1v) is 6.15. The molecule has 4 nitrogen and oxygen atoms in total. The topological polar surface area (TPSA) is 64.3 Å². The second-order valence-corrected chi connectivity index (χ2v) is 4.78. The second-order valence-electron chi connectivity index (χ2n) is 4.78. The first-order chi connectivity index (χ1) is 8.49. The molecule has 4 heteroatoms. The summed E-state index contributed by atoms with van der Waals surface area (Å²) < 4.78 is 5.23. The van der Waals surface area contributed by atoms with Crippen molar-refractivity contribution in [2.45, 2.75) is 20.8 Å². The van der Waals surface area contributed by atoms with E-state index in [4.69, 9.17) is 10.5 Å². The van der Waals surface area contributed by atoms with E-state index in [1.165, 1.54) is 0 Å². The number of carbonyl (C=O) groups is 1. The number of hydrogen-bond donors (Lipinski definition) is 2. The van der Waals surface area contributed by atoms with E-state index in [-0.39, 0.29) is 17.7 Å². The molecule has 0 saturated heterocycles. The molecule has 0 aliphatic heterocycles. The minimum Gasteiger partial charge on any atom is -0.495 e. The summed E-state index contributed by atoms with van der Waals surface area (Å²) in [6.07, 6.45) is 0. The number of ether oxygens (including phenoxy) is 1. The summed E-state index contributed by atoms with van der Waals surface area (Å²) in [5, 5.41) is 2.89. The van der Waals surface area contributed by atoms with Gasteiger partial charge in [0.15, 0.2) is 0 Å². The molecule has 0 heterocycles. The van der Waals surface area contributed by atoms with Crippen molar-refractivity contribution in [3.63, 3.8) is 0 Å². The Labute approximate surface area is 109 Å². The number of anilines is 1. The fraction of sp³-hybridized carbons (Fsp3) is 0.500. The van der Waals surface area contributed by atoms with Crippen LogP contribution >= 0.6 is 0 Å². The maximum absolute atomic E-state index is 12.1. The van der Waals surface area contributed by atoms with Gasteiger partial charge in [-0.3, -0.25) is 4.79 Å². The maximum atomic E-state index is 12.1. The first-order valence-electron chi connectivity index (χ1n) is 6.15. The average Bonchev–Trinajstić information content (AvgIpc) is 2.29. The lowest BCUT2D eigenvalue weighted by Crippen LogP contribution is -2.33. The molecule has 1 rings (SSSR count). The van der Waals surface area contributed by atoms with Gasteiger partial charge in [-0.25, -0.2) is 0 Å². The molecule has 1 aromatic carbocycles. The van der Waals surface area contributed by atoms with E-state index in [9.17, 15) is 4.79 Å². The van der Waals surface area contributed by atoms with Gasteiger partial charge in [0.1, 0.15) is 5.75 Å². The van der Waals surface area contributed by atoms with Crippen LogP contribution in [0.15, 0.2) is 18.2 Å². The predicted molar refractivity (Wildman–Crippen MR) is 73.7 cm³/mol. The van der Waals surface area contributed by atoms with Gasteiger partial charge in [-0.05, 0) is 30.5 Å². The molecule has 100 valence electrons. The van der Waals surface area contributed by atoms with Crippen LogP contribution in [0.3, 0.4) is 0 Å². The first kappa shape index (κ1) is 14.5. The molecule has 0 aliphatic rings. The average molecular weight is 250 g/mol. The smallest absolute Gasteiger partial charge is 0.229 e. The molecule has 3 N–H and O–H groups in total. The number of carbonyl (C=O) groups excluding carboxylic acids is 1. The zero-order valence-electron chi connectivity index (χ0n) is 11.5. The number of aryl methyl sites for hydroxylation is 1. The summed E-state index contributed by atoms with van der Waals surface area (Å²) in [7, 11) is 1.59. The maximum Gasteiger partial charge on any atom is 0.229 e. The van der Waals surface area contributed by atoms with Gasteiger partial charge in [0.2, 0.25) is 5.91 Å². The predicted octanol–water partition coefficient (Wildman–Crippen LogP) is 2.17. The van der Waals surface area contributed by atoms with Crippen LogP contribution in [0.1, 0.15) is 19.4 Å². The molecule has 18 heavy (non-hydrogen) atoms. The summed E-state index contributed by atoms with van der Waals surface area (Å²) in [5.74, 6) is 0.630. The highest BCUT2D eigenvalue weighted by Crippen LogP contribution is 2.26. The zero-order chi connectivity index (χ0) is 13.7. The van der Waals surface area contributed by atoms with Crippen LogP contribution in [0.2, 0.25) is 0 Å². The lowest BCUT2D eigenvalue weighted by Gasteiger charge is -2.19. The molecule has 0 aliphatic carbocycles. The summed E-state index contributed by atoms with van der Waals surface area (Å²) in [6.45, 7) is 6.30. The van der Waals surface area contributed by atoms with Crippen molar-refractivity contribution in [2.24, 2.45) is 17.6 Å². The van der Waals surface area contributed by atoms with E-state index in [2.05, 4.69) is 5.32 Å². The lowest BCUT2D eigenvalue weighted by atomic mass is 9.95. The molecule has 1 unspecified atom stereocenters. The molecule has 1 atom stereocenters. The SMILES string of the molecule is COc1ccc(C)cc1NC(=O)C(CN)C(C)C. The van der Waals surface area contributed by atoms with E-state index in [0.29, 0.717) is 18.0 Å². The number of nitrogens with two attached hydrogens (primary N) is 1. The summed E-state index contributed by atoms with van der Waals surface area (Å²) in [4.78, 5) is 12.1. The van der Waals surface area contributed by atoms with Crippen LogP contribution in [0.5, 0.6) is 5.75 Å². The number of benzene rings is 1. The molecule has 1 amide bonds. The third-order valence-electron chi connectivity index (χ3n) is 3.01.